The predicted molar refractivity (Wildman–Crippen MR) is 109 cm³/mol. The van der Waals surface area contributed by atoms with Crippen molar-refractivity contribution in [1.82, 2.24) is 4.90 Å². The lowest BCUT2D eigenvalue weighted by Crippen LogP contribution is -2.32. The minimum absolute atomic E-state index is 0.270. The average Bonchev–Trinajstić information content (AvgIpc) is 2.68. The minimum Gasteiger partial charge on any atom is -0.494 e. The highest BCUT2D eigenvalue weighted by molar-refractivity contribution is 5.83. The van der Waals surface area contributed by atoms with Crippen molar-refractivity contribution < 1.29 is 14.6 Å². The molecule has 0 saturated carbocycles. The molecule has 1 N–H and O–H groups in total. The molecular formula is C23H27NO3. The number of aliphatic hydroxyl groups excluding tert-OH is 1. The van der Waals surface area contributed by atoms with Gasteiger partial charge in [-0.25, -0.2) is 0 Å². The van der Waals surface area contributed by atoms with E-state index in [1.54, 1.807) is 0 Å². The molecule has 27 heavy (non-hydrogen) atoms. The zero-order valence-corrected chi connectivity index (χ0v) is 16.0. The van der Waals surface area contributed by atoms with E-state index in [0.29, 0.717) is 13.2 Å². The van der Waals surface area contributed by atoms with Crippen molar-refractivity contribution in [2.75, 3.05) is 26.8 Å². The van der Waals surface area contributed by atoms with Gasteiger partial charge in [-0.2, -0.15) is 0 Å². The zero-order chi connectivity index (χ0) is 19.1. The second kappa shape index (κ2) is 9.40. The van der Waals surface area contributed by atoms with Crippen LogP contribution in [0.15, 0.2) is 66.7 Å². The monoisotopic (exact) mass is 365 g/mol. The molecule has 0 heterocycles. The highest BCUT2D eigenvalue weighted by Gasteiger charge is 2.10. The fourth-order valence-electron chi connectivity index (χ4n) is 3.10. The molecule has 0 aliphatic carbocycles. The van der Waals surface area contributed by atoms with Crippen molar-refractivity contribution in [3.05, 3.63) is 72.3 Å². The summed E-state index contributed by atoms with van der Waals surface area (Å²) >= 11 is 0. The van der Waals surface area contributed by atoms with Gasteiger partial charge in [-0.1, -0.05) is 42.5 Å². The molecule has 0 fully saturated rings. The number of aliphatic hydroxyl groups is 1. The van der Waals surface area contributed by atoms with Crippen molar-refractivity contribution in [2.45, 2.75) is 19.6 Å². The predicted octanol–water partition coefficient (Wildman–Crippen LogP) is 4.11. The van der Waals surface area contributed by atoms with Gasteiger partial charge in [0.05, 0.1) is 6.61 Å². The van der Waals surface area contributed by atoms with Gasteiger partial charge >= 0.3 is 0 Å². The van der Waals surface area contributed by atoms with Crippen LogP contribution in [-0.2, 0) is 6.54 Å². The van der Waals surface area contributed by atoms with Crippen LogP contribution >= 0.6 is 0 Å². The van der Waals surface area contributed by atoms with Crippen LogP contribution in [0.5, 0.6) is 11.5 Å². The quantitative estimate of drug-likeness (QED) is 0.620. The first kappa shape index (κ1) is 19.2. The second-order valence-electron chi connectivity index (χ2n) is 6.75. The Morgan fingerprint density at radius 1 is 0.889 bits per heavy atom. The van der Waals surface area contributed by atoms with E-state index in [0.717, 1.165) is 23.4 Å². The molecule has 0 bridgehead atoms. The molecule has 4 heteroatoms. The van der Waals surface area contributed by atoms with Crippen LogP contribution in [-0.4, -0.2) is 42.9 Å². The summed E-state index contributed by atoms with van der Waals surface area (Å²) in [4.78, 5) is 2.09. The van der Waals surface area contributed by atoms with Crippen molar-refractivity contribution >= 4 is 10.8 Å². The van der Waals surface area contributed by atoms with Crippen LogP contribution in [0.4, 0.5) is 0 Å². The number of nitrogens with zero attached hydrogens (tertiary/aromatic N) is 1. The average molecular weight is 365 g/mol. The van der Waals surface area contributed by atoms with Crippen molar-refractivity contribution in [1.29, 1.82) is 0 Å². The highest BCUT2D eigenvalue weighted by atomic mass is 16.5. The van der Waals surface area contributed by atoms with E-state index in [1.165, 1.54) is 10.9 Å². The first-order valence-electron chi connectivity index (χ1n) is 9.34. The Kier molecular flexibility index (Phi) is 6.69. The number of benzene rings is 3. The third kappa shape index (κ3) is 5.71. The maximum absolute atomic E-state index is 10.3. The lowest BCUT2D eigenvalue weighted by Gasteiger charge is -2.21. The number of rotatable bonds is 9. The minimum atomic E-state index is -0.552. The van der Waals surface area contributed by atoms with Gasteiger partial charge in [-0.05, 0) is 54.6 Å². The molecule has 3 aromatic rings. The van der Waals surface area contributed by atoms with E-state index in [-0.39, 0.29) is 6.61 Å². The van der Waals surface area contributed by atoms with E-state index in [1.807, 2.05) is 56.4 Å². The highest BCUT2D eigenvalue weighted by Crippen LogP contribution is 2.20. The number of hydrogen-bond acceptors (Lipinski definition) is 4. The molecule has 0 spiro atoms. The van der Waals surface area contributed by atoms with Gasteiger partial charge in [0, 0.05) is 13.1 Å². The Morgan fingerprint density at radius 3 is 2.33 bits per heavy atom. The van der Waals surface area contributed by atoms with Gasteiger partial charge in [-0.15, -0.1) is 0 Å². The maximum Gasteiger partial charge on any atom is 0.120 e. The Hall–Kier alpha value is -2.56. The fraction of sp³-hybridized carbons (Fsp3) is 0.304. The lowest BCUT2D eigenvalue weighted by molar-refractivity contribution is 0.0744. The molecule has 0 aromatic heterocycles. The van der Waals surface area contributed by atoms with Gasteiger partial charge in [0.2, 0.25) is 0 Å². The third-order valence-electron chi connectivity index (χ3n) is 4.37. The van der Waals surface area contributed by atoms with Crippen molar-refractivity contribution in [3.8, 4) is 11.5 Å². The second-order valence-corrected chi connectivity index (χ2v) is 6.75. The summed E-state index contributed by atoms with van der Waals surface area (Å²) in [5.41, 5.74) is 1.18. The van der Waals surface area contributed by atoms with E-state index < -0.39 is 6.10 Å². The van der Waals surface area contributed by atoms with Crippen LogP contribution < -0.4 is 9.47 Å². The summed E-state index contributed by atoms with van der Waals surface area (Å²) in [5, 5.41) is 12.6. The van der Waals surface area contributed by atoms with Crippen LogP contribution in [0.25, 0.3) is 10.8 Å². The van der Waals surface area contributed by atoms with Gasteiger partial charge in [-0.3, -0.25) is 4.90 Å². The van der Waals surface area contributed by atoms with Crippen LogP contribution in [0.1, 0.15) is 12.5 Å². The molecule has 0 saturated heterocycles. The smallest absolute Gasteiger partial charge is 0.120 e. The van der Waals surface area contributed by atoms with E-state index in [4.69, 9.17) is 9.47 Å². The van der Waals surface area contributed by atoms with E-state index in [2.05, 4.69) is 29.2 Å². The first-order chi connectivity index (χ1) is 13.1. The molecule has 0 aliphatic heterocycles. The Morgan fingerprint density at radius 2 is 1.59 bits per heavy atom. The number of hydrogen-bond donors (Lipinski definition) is 1. The van der Waals surface area contributed by atoms with Crippen LogP contribution in [0.3, 0.4) is 0 Å². The molecule has 142 valence electrons. The van der Waals surface area contributed by atoms with Crippen molar-refractivity contribution in [2.24, 2.45) is 0 Å². The normalized spacial score (nSPS) is 12.3. The molecule has 4 nitrogen and oxygen atoms in total. The fourth-order valence-corrected chi connectivity index (χ4v) is 3.10. The molecule has 0 aliphatic rings. The summed E-state index contributed by atoms with van der Waals surface area (Å²) in [6.07, 6.45) is -0.552. The summed E-state index contributed by atoms with van der Waals surface area (Å²) in [7, 11) is 2.00. The zero-order valence-electron chi connectivity index (χ0n) is 16.0. The van der Waals surface area contributed by atoms with Gasteiger partial charge in [0.25, 0.3) is 0 Å². The summed E-state index contributed by atoms with van der Waals surface area (Å²) < 4.78 is 11.2. The maximum atomic E-state index is 10.3. The number of ether oxygens (including phenoxy) is 2. The van der Waals surface area contributed by atoms with E-state index >= 15 is 0 Å². The Labute approximate surface area is 161 Å². The molecule has 1 atom stereocenters. The summed E-state index contributed by atoms with van der Waals surface area (Å²) in [5.74, 6) is 1.66. The third-order valence-corrected chi connectivity index (χ3v) is 4.37. The van der Waals surface area contributed by atoms with Gasteiger partial charge in [0.15, 0.2) is 0 Å². The van der Waals surface area contributed by atoms with Crippen LogP contribution in [0, 0.1) is 0 Å². The topological polar surface area (TPSA) is 41.9 Å². The summed E-state index contributed by atoms with van der Waals surface area (Å²) in [6.45, 7) is 4.22. The number of fused-ring (bicyclic) bond motifs is 1. The number of likely N-dealkylation sites (N-methyl/N-ethyl adjacent to an activating group) is 1. The largest absolute Gasteiger partial charge is 0.494 e. The molecule has 3 rings (SSSR count). The molecule has 3 aromatic carbocycles. The molecule has 0 amide bonds. The van der Waals surface area contributed by atoms with Crippen molar-refractivity contribution in [3.63, 3.8) is 0 Å². The van der Waals surface area contributed by atoms with Gasteiger partial charge < -0.3 is 14.6 Å². The van der Waals surface area contributed by atoms with Gasteiger partial charge in [0.1, 0.15) is 24.2 Å². The standard InChI is InChI=1S/C23H27NO3/c1-3-26-22-11-8-18(9-12-22)15-24(2)16-21(25)17-27-23-13-10-19-6-4-5-7-20(19)14-23/h4-14,21,25H,3,15-17H2,1-2H3. The summed E-state index contributed by atoms with van der Waals surface area (Å²) in [6, 6.07) is 22.2. The lowest BCUT2D eigenvalue weighted by atomic mass is 10.1. The van der Waals surface area contributed by atoms with E-state index in [9.17, 15) is 5.11 Å². The molecular weight excluding hydrogens is 338 g/mol. The molecule has 0 radical (unpaired) electrons. The SMILES string of the molecule is CCOc1ccc(CN(C)CC(O)COc2ccc3ccccc3c2)cc1. The Balaban J connectivity index is 1.46. The van der Waals surface area contributed by atoms with Crippen LogP contribution in [0.2, 0.25) is 0 Å². The Bertz CT molecular complexity index is 848. The first-order valence-corrected chi connectivity index (χ1v) is 9.34. The molecule has 1 unspecified atom stereocenters.